The second kappa shape index (κ2) is 5.52. The van der Waals surface area contributed by atoms with E-state index in [0.717, 1.165) is 34.1 Å². The lowest BCUT2D eigenvalue weighted by molar-refractivity contribution is 0.0700. The van der Waals surface area contributed by atoms with Crippen LogP contribution in [0, 0.1) is 6.92 Å². The molecule has 1 aromatic carbocycles. The van der Waals surface area contributed by atoms with Crippen molar-refractivity contribution in [3.63, 3.8) is 0 Å². The van der Waals surface area contributed by atoms with Crippen molar-refractivity contribution in [1.29, 1.82) is 0 Å². The smallest absolute Gasteiger partial charge is 0.347 e. The Morgan fingerprint density at radius 2 is 2.08 bits per heavy atom. The van der Waals surface area contributed by atoms with Crippen LogP contribution >= 0.6 is 11.3 Å². The van der Waals surface area contributed by atoms with Gasteiger partial charge in [0, 0.05) is 17.0 Å². The van der Waals surface area contributed by atoms with Gasteiger partial charge in [0.2, 0.25) is 0 Å². The predicted molar refractivity (Wildman–Crippen MR) is 90.6 cm³/mol. The number of fused-ring (bicyclic) bond motifs is 2. The minimum atomic E-state index is -0.900. The van der Waals surface area contributed by atoms with Crippen molar-refractivity contribution >= 4 is 22.3 Å². The average molecular weight is 344 g/mol. The van der Waals surface area contributed by atoms with E-state index in [9.17, 15) is 9.90 Å². The SMILES string of the molecule is CCc1c(C(=O)O)sc2nc(-c3ccc4c(c3)OCCO4)c(C)n12. The van der Waals surface area contributed by atoms with Crippen LogP contribution in [0.2, 0.25) is 0 Å². The summed E-state index contributed by atoms with van der Waals surface area (Å²) in [6, 6.07) is 5.77. The summed E-state index contributed by atoms with van der Waals surface area (Å²) < 4.78 is 13.1. The van der Waals surface area contributed by atoms with E-state index < -0.39 is 5.97 Å². The molecule has 1 aliphatic rings. The number of aryl methyl sites for hydroxylation is 2. The molecule has 0 unspecified atom stereocenters. The van der Waals surface area contributed by atoms with Gasteiger partial charge in [-0.25, -0.2) is 9.78 Å². The first-order valence-electron chi connectivity index (χ1n) is 7.74. The number of aromatic nitrogens is 2. The molecule has 0 saturated heterocycles. The highest BCUT2D eigenvalue weighted by Gasteiger charge is 2.22. The number of hydrogen-bond acceptors (Lipinski definition) is 5. The van der Waals surface area contributed by atoms with Gasteiger partial charge in [-0.3, -0.25) is 4.40 Å². The van der Waals surface area contributed by atoms with Crippen LogP contribution in [0.25, 0.3) is 16.2 Å². The average Bonchev–Trinajstić information content (AvgIpc) is 3.11. The van der Waals surface area contributed by atoms with E-state index in [4.69, 9.17) is 9.47 Å². The van der Waals surface area contributed by atoms with Gasteiger partial charge >= 0.3 is 5.97 Å². The molecule has 124 valence electrons. The standard InChI is InChI=1S/C17H16N2O4S/c1-3-11-15(16(20)21)24-17-18-14(9(2)19(11)17)10-4-5-12-13(8-10)23-7-6-22-12/h4-5,8H,3,6-7H2,1-2H3,(H,20,21). The van der Waals surface area contributed by atoms with Gasteiger partial charge in [0.05, 0.1) is 5.69 Å². The number of rotatable bonds is 3. The largest absolute Gasteiger partial charge is 0.486 e. The van der Waals surface area contributed by atoms with Gasteiger partial charge in [0.1, 0.15) is 18.1 Å². The maximum absolute atomic E-state index is 11.4. The Bertz CT molecular complexity index is 957. The Labute approximate surface area is 142 Å². The zero-order chi connectivity index (χ0) is 16.8. The van der Waals surface area contributed by atoms with Crippen molar-refractivity contribution in [2.45, 2.75) is 20.3 Å². The lowest BCUT2D eigenvalue weighted by atomic mass is 10.1. The van der Waals surface area contributed by atoms with E-state index in [1.54, 1.807) is 0 Å². The molecule has 0 amide bonds. The summed E-state index contributed by atoms with van der Waals surface area (Å²) in [6.45, 7) is 5.01. The van der Waals surface area contributed by atoms with Crippen LogP contribution in [0.3, 0.4) is 0 Å². The molecule has 6 nitrogen and oxygen atoms in total. The molecule has 4 rings (SSSR count). The van der Waals surface area contributed by atoms with Crippen molar-refractivity contribution in [1.82, 2.24) is 9.38 Å². The van der Waals surface area contributed by atoms with Gasteiger partial charge in [-0.15, -0.1) is 0 Å². The van der Waals surface area contributed by atoms with Gasteiger partial charge in [-0.05, 0) is 31.5 Å². The summed E-state index contributed by atoms with van der Waals surface area (Å²) in [5.74, 6) is 0.560. The monoisotopic (exact) mass is 344 g/mol. The molecule has 24 heavy (non-hydrogen) atoms. The van der Waals surface area contributed by atoms with Crippen molar-refractivity contribution in [3.05, 3.63) is 34.5 Å². The summed E-state index contributed by atoms with van der Waals surface area (Å²) >= 11 is 1.21. The maximum Gasteiger partial charge on any atom is 0.347 e. The first-order valence-corrected chi connectivity index (χ1v) is 8.55. The molecule has 0 spiro atoms. The summed E-state index contributed by atoms with van der Waals surface area (Å²) in [6.07, 6.45) is 0.638. The highest BCUT2D eigenvalue weighted by atomic mass is 32.1. The first-order chi connectivity index (χ1) is 11.6. The Balaban J connectivity index is 1.87. The summed E-state index contributed by atoms with van der Waals surface area (Å²) in [5, 5.41) is 9.36. The Hall–Kier alpha value is -2.54. The molecule has 3 aromatic rings. The number of hydrogen-bond donors (Lipinski definition) is 1. The van der Waals surface area contributed by atoms with Gasteiger partial charge in [0.15, 0.2) is 16.5 Å². The third-order valence-corrected chi connectivity index (χ3v) is 5.22. The lowest BCUT2D eigenvalue weighted by Gasteiger charge is -2.18. The number of benzene rings is 1. The van der Waals surface area contributed by atoms with Crippen LogP contribution in [-0.4, -0.2) is 33.7 Å². The van der Waals surface area contributed by atoms with Crippen LogP contribution in [0.15, 0.2) is 18.2 Å². The van der Waals surface area contributed by atoms with Gasteiger partial charge in [-0.2, -0.15) is 0 Å². The highest BCUT2D eigenvalue weighted by Crippen LogP contribution is 2.37. The Morgan fingerprint density at radius 3 is 2.79 bits per heavy atom. The number of carbonyl (C=O) groups is 1. The summed E-state index contributed by atoms with van der Waals surface area (Å²) in [5.41, 5.74) is 3.50. The van der Waals surface area contributed by atoms with Crippen molar-refractivity contribution in [2.24, 2.45) is 0 Å². The number of imidazole rings is 1. The fourth-order valence-corrected chi connectivity index (χ4v) is 4.16. The molecule has 0 saturated carbocycles. The Kier molecular flexibility index (Phi) is 3.45. The quantitative estimate of drug-likeness (QED) is 0.788. The number of ether oxygens (including phenoxy) is 2. The summed E-state index contributed by atoms with van der Waals surface area (Å²) in [4.78, 5) is 17.1. The molecule has 1 N–H and O–H groups in total. The molecule has 0 aliphatic carbocycles. The molecule has 2 aromatic heterocycles. The third-order valence-electron chi connectivity index (χ3n) is 4.15. The topological polar surface area (TPSA) is 73.1 Å². The minimum absolute atomic E-state index is 0.358. The molecule has 1 aliphatic heterocycles. The molecule has 0 atom stereocenters. The van der Waals surface area contributed by atoms with E-state index in [1.807, 2.05) is 36.4 Å². The number of nitrogens with zero attached hydrogens (tertiary/aromatic N) is 2. The number of carboxylic acid groups (broad SMARTS) is 1. The normalized spacial score (nSPS) is 13.4. The molecule has 0 bridgehead atoms. The number of aromatic carboxylic acids is 1. The molecular weight excluding hydrogens is 328 g/mol. The number of thiazole rings is 1. The van der Waals surface area contributed by atoms with Crippen LogP contribution in [0.1, 0.15) is 28.0 Å². The van der Waals surface area contributed by atoms with E-state index in [2.05, 4.69) is 4.98 Å². The molecule has 3 heterocycles. The summed E-state index contributed by atoms with van der Waals surface area (Å²) in [7, 11) is 0. The fourth-order valence-electron chi connectivity index (χ4n) is 3.06. The van der Waals surface area contributed by atoms with E-state index in [1.165, 1.54) is 11.3 Å². The molecule has 0 radical (unpaired) electrons. The predicted octanol–water partition coefficient (Wildman–Crippen LogP) is 3.40. The van der Waals surface area contributed by atoms with E-state index >= 15 is 0 Å². The fraction of sp³-hybridized carbons (Fsp3) is 0.294. The third kappa shape index (κ3) is 2.16. The minimum Gasteiger partial charge on any atom is -0.486 e. The second-order valence-corrected chi connectivity index (χ2v) is 6.54. The zero-order valence-corrected chi connectivity index (χ0v) is 14.1. The van der Waals surface area contributed by atoms with Gasteiger partial charge < -0.3 is 14.6 Å². The molecule has 0 fully saturated rings. The molecular formula is C17H16N2O4S. The zero-order valence-electron chi connectivity index (χ0n) is 13.3. The van der Waals surface area contributed by atoms with Gasteiger partial charge in [0.25, 0.3) is 0 Å². The Morgan fingerprint density at radius 1 is 1.33 bits per heavy atom. The molecule has 7 heteroatoms. The van der Waals surface area contributed by atoms with Crippen molar-refractivity contribution in [3.8, 4) is 22.8 Å². The lowest BCUT2D eigenvalue weighted by Crippen LogP contribution is -2.15. The second-order valence-electron chi connectivity index (χ2n) is 5.56. The van der Waals surface area contributed by atoms with E-state index in [0.29, 0.717) is 29.5 Å². The van der Waals surface area contributed by atoms with E-state index in [-0.39, 0.29) is 0 Å². The van der Waals surface area contributed by atoms with Crippen molar-refractivity contribution in [2.75, 3.05) is 13.2 Å². The van der Waals surface area contributed by atoms with Gasteiger partial charge in [-0.1, -0.05) is 18.3 Å². The van der Waals surface area contributed by atoms with Crippen LogP contribution in [0.5, 0.6) is 11.5 Å². The maximum atomic E-state index is 11.4. The first kappa shape index (κ1) is 15.0. The highest BCUT2D eigenvalue weighted by molar-refractivity contribution is 7.19. The van der Waals surface area contributed by atoms with Crippen molar-refractivity contribution < 1.29 is 19.4 Å². The number of carboxylic acids is 1. The van der Waals surface area contributed by atoms with Crippen LogP contribution in [-0.2, 0) is 6.42 Å². The van der Waals surface area contributed by atoms with Crippen LogP contribution in [0.4, 0.5) is 0 Å². The van der Waals surface area contributed by atoms with Crippen LogP contribution < -0.4 is 9.47 Å².